The van der Waals surface area contributed by atoms with Gasteiger partial charge in [-0.1, -0.05) is 6.92 Å². The molecule has 1 heterocycles. The first-order valence-electron chi connectivity index (χ1n) is 6.96. The zero-order valence-electron chi connectivity index (χ0n) is 11.6. The van der Waals surface area contributed by atoms with Gasteiger partial charge >= 0.3 is 0 Å². The van der Waals surface area contributed by atoms with Gasteiger partial charge in [-0.2, -0.15) is 0 Å². The topological polar surface area (TPSA) is 78.9 Å². The number of amides is 2. The van der Waals surface area contributed by atoms with E-state index in [-0.39, 0.29) is 25.0 Å². The Morgan fingerprint density at radius 2 is 2.21 bits per heavy atom. The van der Waals surface area contributed by atoms with Crippen LogP contribution in [0.25, 0.3) is 0 Å². The summed E-state index contributed by atoms with van der Waals surface area (Å²) in [6.45, 7) is 3.89. The first-order chi connectivity index (χ1) is 9.20. The van der Waals surface area contributed by atoms with Crippen LogP contribution >= 0.6 is 0 Å². The summed E-state index contributed by atoms with van der Waals surface area (Å²) in [7, 11) is 0. The first-order valence-corrected chi connectivity index (χ1v) is 6.96. The van der Waals surface area contributed by atoms with Crippen LogP contribution in [-0.2, 0) is 14.3 Å². The van der Waals surface area contributed by atoms with Gasteiger partial charge in [0.15, 0.2) is 0 Å². The number of nitrogens with zero attached hydrogens (tertiary/aromatic N) is 1. The molecule has 2 amide bonds. The fraction of sp³-hybridized carbons (Fsp3) is 0.846. The van der Waals surface area contributed by atoms with Crippen molar-refractivity contribution in [3.63, 3.8) is 0 Å². The van der Waals surface area contributed by atoms with Crippen LogP contribution in [0, 0.1) is 0 Å². The third-order valence-electron chi connectivity index (χ3n) is 3.10. The van der Waals surface area contributed by atoms with Crippen molar-refractivity contribution in [2.24, 2.45) is 0 Å². The molecule has 1 aliphatic rings. The van der Waals surface area contributed by atoms with E-state index in [2.05, 4.69) is 5.32 Å². The predicted octanol–water partition coefficient (Wildman–Crippen LogP) is -0.0974. The normalized spacial score (nSPS) is 19.3. The van der Waals surface area contributed by atoms with E-state index >= 15 is 0 Å². The van der Waals surface area contributed by atoms with Crippen LogP contribution in [0.4, 0.5) is 0 Å². The molecule has 1 atom stereocenters. The van der Waals surface area contributed by atoms with Gasteiger partial charge in [0.25, 0.3) is 0 Å². The minimum Gasteiger partial charge on any atom is -0.396 e. The summed E-state index contributed by atoms with van der Waals surface area (Å²) in [4.78, 5) is 25.7. The highest BCUT2D eigenvalue weighted by Gasteiger charge is 2.32. The van der Waals surface area contributed by atoms with E-state index in [4.69, 9.17) is 9.84 Å². The zero-order chi connectivity index (χ0) is 14.1. The number of carbonyl (C=O) groups is 2. The fourth-order valence-corrected chi connectivity index (χ4v) is 2.02. The molecule has 2 N–H and O–H groups in total. The van der Waals surface area contributed by atoms with E-state index in [1.807, 2.05) is 6.92 Å². The number of carbonyl (C=O) groups excluding carboxylic acids is 2. The Morgan fingerprint density at radius 3 is 2.89 bits per heavy atom. The number of ether oxygens (including phenoxy) is 1. The number of hydrogen-bond acceptors (Lipinski definition) is 4. The summed E-state index contributed by atoms with van der Waals surface area (Å²) in [5, 5.41) is 11.5. The van der Waals surface area contributed by atoms with Crippen molar-refractivity contribution in [3.05, 3.63) is 0 Å². The smallest absolute Gasteiger partial charge is 0.245 e. The Bertz CT molecular complexity index is 296. The Labute approximate surface area is 114 Å². The third-order valence-corrected chi connectivity index (χ3v) is 3.10. The maximum absolute atomic E-state index is 12.1. The van der Waals surface area contributed by atoms with Gasteiger partial charge in [0.05, 0.1) is 13.2 Å². The van der Waals surface area contributed by atoms with E-state index < -0.39 is 6.04 Å². The molecule has 1 fully saturated rings. The van der Waals surface area contributed by atoms with Crippen molar-refractivity contribution in [2.45, 2.75) is 38.6 Å². The van der Waals surface area contributed by atoms with Crippen molar-refractivity contribution in [3.8, 4) is 0 Å². The molecule has 0 aromatic heterocycles. The summed E-state index contributed by atoms with van der Waals surface area (Å²) in [5.41, 5.74) is 0. The molecule has 0 bridgehead atoms. The zero-order valence-corrected chi connectivity index (χ0v) is 11.6. The Morgan fingerprint density at radius 1 is 1.42 bits per heavy atom. The maximum atomic E-state index is 12.1. The molecule has 1 unspecified atom stereocenters. The average Bonchev–Trinajstić information content (AvgIpc) is 2.45. The third kappa shape index (κ3) is 5.16. The van der Waals surface area contributed by atoms with Gasteiger partial charge in [-0.05, 0) is 19.3 Å². The van der Waals surface area contributed by atoms with Gasteiger partial charge in [-0.25, -0.2) is 0 Å². The molecule has 0 aromatic rings. The second-order valence-electron chi connectivity index (χ2n) is 4.65. The number of unbranched alkanes of at least 4 members (excludes halogenated alkanes) is 1. The minimum absolute atomic E-state index is 0.0339. The van der Waals surface area contributed by atoms with Crippen molar-refractivity contribution < 1.29 is 19.4 Å². The highest BCUT2D eigenvalue weighted by atomic mass is 16.5. The van der Waals surface area contributed by atoms with E-state index in [0.717, 1.165) is 6.42 Å². The van der Waals surface area contributed by atoms with Crippen molar-refractivity contribution in [1.82, 2.24) is 10.2 Å². The van der Waals surface area contributed by atoms with Gasteiger partial charge in [0.2, 0.25) is 11.8 Å². The number of rotatable bonds is 7. The van der Waals surface area contributed by atoms with Crippen LogP contribution in [0.2, 0.25) is 0 Å². The summed E-state index contributed by atoms with van der Waals surface area (Å²) < 4.78 is 5.29. The van der Waals surface area contributed by atoms with Crippen LogP contribution in [0.1, 0.15) is 32.6 Å². The van der Waals surface area contributed by atoms with Crippen LogP contribution in [0.5, 0.6) is 0 Å². The van der Waals surface area contributed by atoms with E-state index in [1.54, 1.807) is 4.90 Å². The van der Waals surface area contributed by atoms with Crippen LogP contribution in [-0.4, -0.2) is 60.8 Å². The minimum atomic E-state index is -0.512. The van der Waals surface area contributed by atoms with Crippen molar-refractivity contribution in [1.29, 1.82) is 0 Å². The Kier molecular flexibility index (Phi) is 7.43. The van der Waals surface area contributed by atoms with Crippen molar-refractivity contribution in [2.75, 3.05) is 32.9 Å². The molecule has 0 aliphatic carbocycles. The summed E-state index contributed by atoms with van der Waals surface area (Å²) in [6.07, 6.45) is 2.50. The predicted molar refractivity (Wildman–Crippen MR) is 70.6 cm³/mol. The van der Waals surface area contributed by atoms with Crippen LogP contribution < -0.4 is 5.32 Å². The van der Waals surface area contributed by atoms with Gasteiger partial charge < -0.3 is 20.1 Å². The number of morpholine rings is 1. The standard InChI is InChI=1S/C13H24N2O4/c1-2-6-14-13(18)11-10-19-9-7-15(11)12(17)5-3-4-8-16/h11,16H,2-10H2,1H3,(H,14,18). The fourth-order valence-electron chi connectivity index (χ4n) is 2.02. The largest absolute Gasteiger partial charge is 0.396 e. The summed E-state index contributed by atoms with van der Waals surface area (Å²) in [5.74, 6) is -0.176. The average molecular weight is 272 g/mol. The molecular formula is C13H24N2O4. The first kappa shape index (κ1) is 15.9. The lowest BCUT2D eigenvalue weighted by molar-refractivity contribution is -0.148. The second-order valence-corrected chi connectivity index (χ2v) is 4.65. The molecule has 6 nitrogen and oxygen atoms in total. The SMILES string of the molecule is CCCNC(=O)C1COCCN1C(=O)CCCCO. The second kappa shape index (κ2) is 8.87. The molecule has 110 valence electrons. The highest BCUT2D eigenvalue weighted by molar-refractivity contribution is 5.88. The van der Waals surface area contributed by atoms with Crippen molar-refractivity contribution >= 4 is 11.8 Å². The molecule has 19 heavy (non-hydrogen) atoms. The molecule has 0 radical (unpaired) electrons. The number of aliphatic hydroxyl groups is 1. The molecule has 1 saturated heterocycles. The molecule has 1 aliphatic heterocycles. The lowest BCUT2D eigenvalue weighted by Gasteiger charge is -2.34. The molecular weight excluding hydrogens is 248 g/mol. The monoisotopic (exact) mass is 272 g/mol. The molecule has 0 saturated carbocycles. The number of hydrogen-bond donors (Lipinski definition) is 2. The Hall–Kier alpha value is -1.14. The molecule has 1 rings (SSSR count). The van der Waals surface area contributed by atoms with Gasteiger partial charge in [0, 0.05) is 26.1 Å². The van der Waals surface area contributed by atoms with E-state index in [0.29, 0.717) is 39.0 Å². The molecule has 0 aromatic carbocycles. The maximum Gasteiger partial charge on any atom is 0.245 e. The lowest BCUT2D eigenvalue weighted by atomic mass is 10.1. The quantitative estimate of drug-likeness (QED) is 0.635. The Balaban J connectivity index is 2.51. The lowest BCUT2D eigenvalue weighted by Crippen LogP contribution is -2.55. The number of aliphatic hydroxyl groups excluding tert-OH is 1. The van der Waals surface area contributed by atoms with E-state index in [9.17, 15) is 9.59 Å². The number of nitrogens with one attached hydrogen (secondary N) is 1. The van der Waals surface area contributed by atoms with Crippen LogP contribution in [0.15, 0.2) is 0 Å². The highest BCUT2D eigenvalue weighted by Crippen LogP contribution is 2.11. The van der Waals surface area contributed by atoms with Gasteiger partial charge in [-0.15, -0.1) is 0 Å². The summed E-state index contributed by atoms with van der Waals surface area (Å²) in [6, 6.07) is -0.512. The molecule has 6 heteroatoms. The summed E-state index contributed by atoms with van der Waals surface area (Å²) >= 11 is 0. The molecule has 0 spiro atoms. The van der Waals surface area contributed by atoms with E-state index in [1.165, 1.54) is 0 Å². The van der Waals surface area contributed by atoms with Gasteiger partial charge in [-0.3, -0.25) is 9.59 Å². The van der Waals surface area contributed by atoms with Crippen LogP contribution in [0.3, 0.4) is 0 Å². The van der Waals surface area contributed by atoms with Gasteiger partial charge in [0.1, 0.15) is 6.04 Å².